The van der Waals surface area contributed by atoms with E-state index < -0.39 is 5.97 Å². The molecule has 0 radical (unpaired) electrons. The van der Waals surface area contributed by atoms with Crippen LogP contribution < -0.4 is 5.73 Å². The molecule has 0 aromatic carbocycles. The summed E-state index contributed by atoms with van der Waals surface area (Å²) in [4.78, 5) is 16.5. The lowest BCUT2D eigenvalue weighted by atomic mass is 9.87. The summed E-state index contributed by atoms with van der Waals surface area (Å²) < 4.78 is 4.99. The molecule has 2 saturated carbocycles. The molecule has 118 valence electrons. The first-order chi connectivity index (χ1) is 10.2. The number of nitrogens with two attached hydrogens (primary N) is 1. The van der Waals surface area contributed by atoms with E-state index in [2.05, 4.69) is 0 Å². The third kappa shape index (κ3) is 4.58. The Labute approximate surface area is 127 Å². The summed E-state index contributed by atoms with van der Waals surface area (Å²) in [6.07, 6.45) is 10.9. The summed E-state index contributed by atoms with van der Waals surface area (Å²) in [7, 11) is 0. The van der Waals surface area contributed by atoms with E-state index in [1.54, 1.807) is 6.92 Å². The van der Waals surface area contributed by atoms with E-state index in [0.717, 1.165) is 43.0 Å². The fourth-order valence-corrected chi connectivity index (χ4v) is 3.38. The number of carbonyl (C=O) groups is 1. The molecule has 0 bridgehead atoms. The summed E-state index contributed by atoms with van der Waals surface area (Å²) in [5.41, 5.74) is 8.17. The monoisotopic (exact) mass is 292 g/mol. The Morgan fingerprint density at radius 1 is 1.24 bits per heavy atom. The predicted octanol–water partition coefficient (Wildman–Crippen LogP) is 3.36. The zero-order chi connectivity index (χ0) is 15.1. The zero-order valence-corrected chi connectivity index (χ0v) is 13.2. The van der Waals surface area contributed by atoms with Gasteiger partial charge in [-0.05, 0) is 38.5 Å². The Balaban J connectivity index is 1.92. The van der Waals surface area contributed by atoms with E-state index in [9.17, 15) is 4.79 Å². The van der Waals surface area contributed by atoms with Crippen LogP contribution in [-0.4, -0.2) is 24.8 Å². The summed E-state index contributed by atoms with van der Waals surface area (Å²) in [6, 6.07) is 0. The van der Waals surface area contributed by atoms with Crippen LogP contribution in [-0.2, 0) is 9.53 Å². The molecule has 2 N–H and O–H groups in total. The maximum atomic E-state index is 11.7. The average Bonchev–Trinajstić information content (AvgIpc) is 2.96. The number of aliphatic imine (C=N–C) groups is 1. The van der Waals surface area contributed by atoms with Gasteiger partial charge in [0.15, 0.2) is 0 Å². The summed E-state index contributed by atoms with van der Waals surface area (Å²) in [5.74, 6) is 0.453. The molecule has 2 aliphatic carbocycles. The fraction of sp³-hybridized carbons (Fsp3) is 0.765. The van der Waals surface area contributed by atoms with Crippen molar-refractivity contribution in [2.45, 2.75) is 64.7 Å². The molecule has 0 amide bonds. The van der Waals surface area contributed by atoms with Crippen molar-refractivity contribution in [3.05, 3.63) is 11.3 Å². The van der Waals surface area contributed by atoms with Crippen LogP contribution >= 0.6 is 0 Å². The number of allylic oxidation sites excluding steroid dienone is 1. The second-order valence-corrected chi connectivity index (χ2v) is 6.09. The predicted molar refractivity (Wildman–Crippen MR) is 85.2 cm³/mol. The minimum atomic E-state index is -0.394. The molecule has 0 aromatic rings. The van der Waals surface area contributed by atoms with Crippen molar-refractivity contribution in [3.63, 3.8) is 0 Å². The molecule has 0 saturated heterocycles. The van der Waals surface area contributed by atoms with Crippen LogP contribution in [0.25, 0.3) is 0 Å². The molecule has 0 unspecified atom stereocenters. The van der Waals surface area contributed by atoms with Crippen LogP contribution in [0.15, 0.2) is 16.3 Å². The first kappa shape index (κ1) is 16.1. The highest BCUT2D eigenvalue weighted by Crippen LogP contribution is 2.27. The highest BCUT2D eigenvalue weighted by atomic mass is 16.5. The van der Waals surface area contributed by atoms with Crippen molar-refractivity contribution >= 4 is 11.7 Å². The highest BCUT2D eigenvalue weighted by molar-refractivity contribution is 6.07. The van der Waals surface area contributed by atoms with E-state index >= 15 is 0 Å². The lowest BCUT2D eigenvalue weighted by molar-refractivity contribution is -0.138. The van der Waals surface area contributed by atoms with Gasteiger partial charge < -0.3 is 10.5 Å². The van der Waals surface area contributed by atoms with E-state index in [1.807, 2.05) is 0 Å². The Morgan fingerprint density at radius 3 is 2.71 bits per heavy atom. The van der Waals surface area contributed by atoms with Crippen molar-refractivity contribution in [1.82, 2.24) is 0 Å². The molecule has 0 atom stereocenters. The van der Waals surface area contributed by atoms with E-state index in [1.165, 1.54) is 38.5 Å². The van der Waals surface area contributed by atoms with Gasteiger partial charge in [-0.3, -0.25) is 4.99 Å². The van der Waals surface area contributed by atoms with E-state index in [4.69, 9.17) is 15.5 Å². The topological polar surface area (TPSA) is 64.7 Å². The van der Waals surface area contributed by atoms with Gasteiger partial charge in [-0.25, -0.2) is 4.79 Å². The van der Waals surface area contributed by atoms with Crippen LogP contribution in [0.2, 0.25) is 0 Å². The van der Waals surface area contributed by atoms with Crippen LogP contribution in [0.4, 0.5) is 0 Å². The SMILES string of the molecule is CCOC(=O)/C(N)=C1\CCCC1=NCCC1CCCCC1. The molecule has 0 aromatic heterocycles. The molecule has 0 heterocycles. The average molecular weight is 292 g/mol. The van der Waals surface area contributed by atoms with Crippen molar-refractivity contribution in [1.29, 1.82) is 0 Å². The molecule has 0 spiro atoms. The molecule has 2 fully saturated rings. The Morgan fingerprint density at radius 2 is 2.00 bits per heavy atom. The molecule has 2 rings (SSSR count). The van der Waals surface area contributed by atoms with E-state index in [0.29, 0.717) is 6.61 Å². The number of carbonyl (C=O) groups excluding carboxylic acids is 1. The largest absolute Gasteiger partial charge is 0.461 e. The Hall–Kier alpha value is -1.32. The zero-order valence-electron chi connectivity index (χ0n) is 13.2. The summed E-state index contributed by atoms with van der Waals surface area (Å²) in [5, 5.41) is 0. The van der Waals surface area contributed by atoms with Gasteiger partial charge in [0.05, 0.1) is 6.61 Å². The lowest BCUT2D eigenvalue weighted by Crippen LogP contribution is -2.19. The second kappa shape index (κ2) is 8.20. The minimum absolute atomic E-state index is 0.269. The molecular weight excluding hydrogens is 264 g/mol. The first-order valence-corrected chi connectivity index (χ1v) is 8.41. The van der Waals surface area contributed by atoms with Gasteiger partial charge >= 0.3 is 5.97 Å². The first-order valence-electron chi connectivity index (χ1n) is 8.41. The van der Waals surface area contributed by atoms with Gasteiger partial charge in [-0.1, -0.05) is 32.1 Å². The third-order valence-corrected chi connectivity index (χ3v) is 4.57. The van der Waals surface area contributed by atoms with Crippen LogP contribution in [0.3, 0.4) is 0 Å². The fourth-order valence-electron chi connectivity index (χ4n) is 3.38. The molecular formula is C17H28N2O2. The Kier molecular flexibility index (Phi) is 6.27. The highest BCUT2D eigenvalue weighted by Gasteiger charge is 2.22. The van der Waals surface area contributed by atoms with E-state index in [-0.39, 0.29) is 5.70 Å². The number of rotatable bonds is 5. The molecule has 2 aliphatic rings. The van der Waals surface area contributed by atoms with Gasteiger partial charge in [0.2, 0.25) is 0 Å². The Bertz CT molecular complexity index is 421. The number of hydrogen-bond acceptors (Lipinski definition) is 4. The number of ether oxygens (including phenoxy) is 1. The minimum Gasteiger partial charge on any atom is -0.461 e. The number of nitrogens with zero attached hydrogens (tertiary/aromatic N) is 1. The van der Waals surface area contributed by atoms with Crippen molar-refractivity contribution < 1.29 is 9.53 Å². The standard InChI is InChI=1S/C17H28N2O2/c1-2-21-17(20)16(18)14-9-6-10-15(14)19-12-11-13-7-4-3-5-8-13/h13H,2-12,18H2,1H3/b16-14-,19-15?. The molecule has 4 heteroatoms. The van der Waals surface area contributed by atoms with Gasteiger partial charge in [0, 0.05) is 17.8 Å². The number of hydrogen-bond donors (Lipinski definition) is 1. The second-order valence-electron chi connectivity index (χ2n) is 6.09. The molecule has 0 aliphatic heterocycles. The van der Waals surface area contributed by atoms with Gasteiger partial charge in [-0.2, -0.15) is 0 Å². The van der Waals surface area contributed by atoms with Crippen molar-refractivity contribution in [2.75, 3.05) is 13.2 Å². The smallest absolute Gasteiger partial charge is 0.354 e. The van der Waals surface area contributed by atoms with Crippen LogP contribution in [0.1, 0.15) is 64.7 Å². The van der Waals surface area contributed by atoms with Crippen molar-refractivity contribution in [3.8, 4) is 0 Å². The maximum Gasteiger partial charge on any atom is 0.354 e. The quantitative estimate of drug-likeness (QED) is 0.624. The number of esters is 1. The normalized spacial score (nSPS) is 24.3. The van der Waals surface area contributed by atoms with Gasteiger partial charge in [0.25, 0.3) is 0 Å². The summed E-state index contributed by atoms with van der Waals surface area (Å²) in [6.45, 7) is 3.03. The van der Waals surface area contributed by atoms with Gasteiger partial charge in [0.1, 0.15) is 5.70 Å². The van der Waals surface area contributed by atoms with Crippen LogP contribution in [0.5, 0.6) is 0 Å². The van der Waals surface area contributed by atoms with Gasteiger partial charge in [-0.15, -0.1) is 0 Å². The molecule has 4 nitrogen and oxygen atoms in total. The lowest BCUT2D eigenvalue weighted by Gasteiger charge is -2.20. The maximum absolute atomic E-state index is 11.7. The van der Waals surface area contributed by atoms with Crippen LogP contribution in [0, 0.1) is 5.92 Å². The molecule has 21 heavy (non-hydrogen) atoms. The summed E-state index contributed by atoms with van der Waals surface area (Å²) >= 11 is 0. The third-order valence-electron chi connectivity index (χ3n) is 4.57. The van der Waals surface area contributed by atoms with Crippen molar-refractivity contribution in [2.24, 2.45) is 16.6 Å².